The Hall–Kier alpha value is -2.40. The van der Waals surface area contributed by atoms with Crippen LogP contribution >= 0.6 is 11.8 Å². The van der Waals surface area contributed by atoms with Crippen molar-refractivity contribution in [3.8, 4) is 0 Å². The first-order valence-corrected chi connectivity index (χ1v) is 10.7. The number of hydrogen-bond donors (Lipinski definition) is 1. The first kappa shape index (κ1) is 20.3. The molecule has 3 aromatic rings. The van der Waals surface area contributed by atoms with E-state index in [0.717, 1.165) is 33.7 Å². The van der Waals surface area contributed by atoms with E-state index in [9.17, 15) is 4.79 Å². The lowest BCUT2D eigenvalue weighted by Crippen LogP contribution is -2.28. The summed E-state index contributed by atoms with van der Waals surface area (Å²) in [5.41, 5.74) is 3.36. The van der Waals surface area contributed by atoms with Gasteiger partial charge in [-0.25, -0.2) is 9.97 Å². The zero-order chi connectivity index (χ0) is 20.1. The molecule has 1 amide bonds. The summed E-state index contributed by atoms with van der Waals surface area (Å²) in [5, 5.41) is 4.92. The van der Waals surface area contributed by atoms with E-state index in [2.05, 4.69) is 53.4 Å². The molecule has 1 N–H and O–H groups in total. The summed E-state index contributed by atoms with van der Waals surface area (Å²) in [7, 11) is 0. The molecule has 4 nitrogen and oxygen atoms in total. The Labute approximate surface area is 171 Å². The van der Waals surface area contributed by atoms with Crippen LogP contribution < -0.4 is 5.32 Å². The second kappa shape index (κ2) is 9.20. The molecule has 28 heavy (non-hydrogen) atoms. The van der Waals surface area contributed by atoms with E-state index in [-0.39, 0.29) is 11.9 Å². The van der Waals surface area contributed by atoms with Crippen molar-refractivity contribution in [2.45, 2.75) is 45.2 Å². The van der Waals surface area contributed by atoms with Gasteiger partial charge in [-0.15, -0.1) is 0 Å². The largest absolute Gasteiger partial charge is 0.349 e. The lowest BCUT2D eigenvalue weighted by molar-refractivity contribution is -0.119. The van der Waals surface area contributed by atoms with Crippen LogP contribution in [0.25, 0.3) is 10.9 Å². The maximum absolute atomic E-state index is 12.5. The number of rotatable bonds is 7. The van der Waals surface area contributed by atoms with E-state index in [1.807, 2.05) is 38.1 Å². The Morgan fingerprint density at radius 2 is 1.75 bits per heavy atom. The molecule has 0 saturated heterocycles. The van der Waals surface area contributed by atoms with Gasteiger partial charge in [0, 0.05) is 5.39 Å². The smallest absolute Gasteiger partial charge is 0.230 e. The summed E-state index contributed by atoms with van der Waals surface area (Å²) >= 11 is 1.46. The maximum Gasteiger partial charge on any atom is 0.230 e. The fourth-order valence-corrected chi connectivity index (χ4v) is 4.06. The van der Waals surface area contributed by atoms with Gasteiger partial charge in [-0.05, 0) is 43.4 Å². The van der Waals surface area contributed by atoms with Crippen LogP contribution in [0.3, 0.4) is 0 Å². The van der Waals surface area contributed by atoms with Crippen molar-refractivity contribution in [3.05, 3.63) is 65.5 Å². The predicted molar refractivity (Wildman–Crippen MR) is 117 cm³/mol. The summed E-state index contributed by atoms with van der Waals surface area (Å²) in [5.74, 6) is 1.69. The Morgan fingerprint density at radius 3 is 2.46 bits per heavy atom. The van der Waals surface area contributed by atoms with Gasteiger partial charge in [-0.3, -0.25) is 4.79 Å². The number of carbonyl (C=O) groups is 1. The molecule has 1 heterocycles. The summed E-state index contributed by atoms with van der Waals surface area (Å²) in [6.45, 7) is 8.33. The molecule has 0 radical (unpaired) electrons. The van der Waals surface area contributed by atoms with Gasteiger partial charge >= 0.3 is 0 Å². The minimum absolute atomic E-state index is 0.00380. The monoisotopic (exact) mass is 393 g/mol. The highest BCUT2D eigenvalue weighted by Crippen LogP contribution is 2.25. The standard InChI is InChI=1S/C23H27N3OS/c1-15(2)13-18-9-11-19(12-10-18)16(3)24-22(27)14-28-23-20-7-5-6-8-21(20)25-17(4)26-23/h5-12,15-16H,13-14H2,1-4H3,(H,24,27)/t16-/m1/s1. The molecule has 3 rings (SSSR count). The molecule has 0 fully saturated rings. The third-order valence-corrected chi connectivity index (χ3v) is 5.51. The Balaban J connectivity index is 1.60. The second-order valence-electron chi connectivity index (χ2n) is 7.51. The van der Waals surface area contributed by atoms with E-state index in [4.69, 9.17) is 0 Å². The molecule has 1 atom stereocenters. The average Bonchev–Trinajstić information content (AvgIpc) is 2.66. The van der Waals surface area contributed by atoms with Gasteiger partial charge in [0.05, 0.1) is 17.3 Å². The van der Waals surface area contributed by atoms with Crippen molar-refractivity contribution in [3.63, 3.8) is 0 Å². The van der Waals surface area contributed by atoms with Gasteiger partial charge in [-0.2, -0.15) is 0 Å². The van der Waals surface area contributed by atoms with Crippen molar-refractivity contribution < 1.29 is 4.79 Å². The minimum Gasteiger partial charge on any atom is -0.349 e. The normalized spacial score (nSPS) is 12.3. The Morgan fingerprint density at radius 1 is 1.04 bits per heavy atom. The highest BCUT2D eigenvalue weighted by Gasteiger charge is 2.12. The highest BCUT2D eigenvalue weighted by atomic mass is 32.2. The van der Waals surface area contributed by atoms with Crippen LogP contribution in [0.1, 0.15) is 43.8 Å². The topological polar surface area (TPSA) is 54.9 Å². The van der Waals surface area contributed by atoms with Crippen LogP contribution in [0.5, 0.6) is 0 Å². The van der Waals surface area contributed by atoms with Crippen LogP contribution in [0.15, 0.2) is 53.6 Å². The molecule has 0 saturated carbocycles. The molecule has 146 valence electrons. The first-order valence-electron chi connectivity index (χ1n) is 9.66. The Kier molecular flexibility index (Phi) is 6.68. The number of benzene rings is 2. The molecule has 0 aliphatic carbocycles. The van der Waals surface area contributed by atoms with Crippen LogP contribution in [0.2, 0.25) is 0 Å². The lowest BCUT2D eigenvalue weighted by Gasteiger charge is -2.15. The number of nitrogens with zero attached hydrogens (tertiary/aromatic N) is 2. The zero-order valence-corrected chi connectivity index (χ0v) is 17.7. The summed E-state index contributed by atoms with van der Waals surface area (Å²) in [6, 6.07) is 16.4. The number of hydrogen-bond acceptors (Lipinski definition) is 4. The molecule has 2 aromatic carbocycles. The van der Waals surface area contributed by atoms with Crippen LogP contribution in [0.4, 0.5) is 0 Å². The van der Waals surface area contributed by atoms with Gasteiger partial charge in [0.1, 0.15) is 10.9 Å². The fraction of sp³-hybridized carbons (Fsp3) is 0.348. The highest BCUT2D eigenvalue weighted by molar-refractivity contribution is 8.00. The number of carbonyl (C=O) groups excluding carboxylic acids is 1. The van der Waals surface area contributed by atoms with Gasteiger partial charge in [0.25, 0.3) is 0 Å². The minimum atomic E-state index is -0.0231. The van der Waals surface area contributed by atoms with Gasteiger partial charge in [0.2, 0.25) is 5.91 Å². The van der Waals surface area contributed by atoms with E-state index in [1.54, 1.807) is 0 Å². The Bertz CT molecular complexity index is 954. The van der Waals surface area contributed by atoms with E-state index in [1.165, 1.54) is 17.3 Å². The molecular weight excluding hydrogens is 366 g/mol. The van der Waals surface area contributed by atoms with Gasteiger partial charge in [0.15, 0.2) is 0 Å². The quantitative estimate of drug-likeness (QED) is 0.448. The molecular formula is C23H27N3OS. The van der Waals surface area contributed by atoms with Crippen LogP contribution in [0, 0.1) is 12.8 Å². The van der Waals surface area contributed by atoms with Crippen molar-refractivity contribution in [2.24, 2.45) is 5.92 Å². The van der Waals surface area contributed by atoms with Crippen molar-refractivity contribution in [1.82, 2.24) is 15.3 Å². The number of aromatic nitrogens is 2. The lowest BCUT2D eigenvalue weighted by atomic mass is 10.00. The van der Waals surface area contributed by atoms with Gasteiger partial charge in [-0.1, -0.05) is 68.1 Å². The number of nitrogens with one attached hydrogen (secondary N) is 1. The molecule has 5 heteroatoms. The zero-order valence-electron chi connectivity index (χ0n) is 16.9. The summed E-state index contributed by atoms with van der Waals surface area (Å²) in [4.78, 5) is 21.4. The SMILES string of the molecule is Cc1nc(SCC(=O)N[C@H](C)c2ccc(CC(C)C)cc2)c2ccccc2n1. The number of thioether (sulfide) groups is 1. The van der Waals surface area contributed by atoms with E-state index < -0.39 is 0 Å². The van der Waals surface area contributed by atoms with Crippen LogP contribution in [-0.4, -0.2) is 21.6 Å². The van der Waals surface area contributed by atoms with Crippen molar-refractivity contribution in [1.29, 1.82) is 0 Å². The van der Waals surface area contributed by atoms with Crippen LogP contribution in [-0.2, 0) is 11.2 Å². The van der Waals surface area contributed by atoms with Crippen molar-refractivity contribution >= 4 is 28.6 Å². The third kappa shape index (κ3) is 5.32. The number of para-hydroxylation sites is 1. The molecule has 0 spiro atoms. The maximum atomic E-state index is 12.5. The average molecular weight is 394 g/mol. The number of aryl methyl sites for hydroxylation is 1. The van der Waals surface area contributed by atoms with E-state index >= 15 is 0 Å². The summed E-state index contributed by atoms with van der Waals surface area (Å²) < 4.78 is 0. The van der Waals surface area contributed by atoms with Gasteiger partial charge < -0.3 is 5.32 Å². The first-order chi connectivity index (χ1) is 13.4. The second-order valence-corrected chi connectivity index (χ2v) is 8.47. The fourth-order valence-electron chi connectivity index (χ4n) is 3.18. The molecule has 0 bridgehead atoms. The molecule has 0 aliphatic heterocycles. The molecule has 0 aliphatic rings. The van der Waals surface area contributed by atoms with Crippen molar-refractivity contribution in [2.75, 3.05) is 5.75 Å². The number of amides is 1. The predicted octanol–water partition coefficient (Wildman–Crippen LogP) is 5.11. The number of fused-ring (bicyclic) bond motifs is 1. The summed E-state index contributed by atoms with van der Waals surface area (Å²) in [6.07, 6.45) is 1.07. The molecule has 1 aromatic heterocycles. The molecule has 0 unspecified atom stereocenters. The van der Waals surface area contributed by atoms with E-state index in [0.29, 0.717) is 11.7 Å². The third-order valence-electron chi connectivity index (χ3n) is 4.52.